The van der Waals surface area contributed by atoms with Crippen molar-refractivity contribution in [3.8, 4) is 5.75 Å². The van der Waals surface area contributed by atoms with Crippen molar-refractivity contribution in [1.82, 2.24) is 4.57 Å². The van der Waals surface area contributed by atoms with Crippen molar-refractivity contribution in [2.45, 2.75) is 12.8 Å². The molecule has 0 aliphatic rings. The summed E-state index contributed by atoms with van der Waals surface area (Å²) in [6.45, 7) is 0. The maximum absolute atomic E-state index is 11.4. The molecule has 0 spiro atoms. The Hall–Kier alpha value is -2.50. The van der Waals surface area contributed by atoms with Crippen LogP contribution >= 0.6 is 0 Å². The molecule has 2 aromatic rings. The summed E-state index contributed by atoms with van der Waals surface area (Å²) < 4.78 is 6.70. The third-order valence-corrected chi connectivity index (χ3v) is 3.30. The Kier molecular flexibility index (Phi) is 3.65. The molecule has 2 rings (SSSR count). The smallest absolute Gasteiger partial charge is 0.352 e. The molecule has 0 unspecified atom stereocenters. The molecule has 20 heavy (non-hydrogen) atoms. The Morgan fingerprint density at radius 2 is 2.00 bits per heavy atom. The number of nitrogens with zero attached hydrogens (tertiary/aromatic N) is 1. The van der Waals surface area contributed by atoms with Gasteiger partial charge in [-0.2, -0.15) is 0 Å². The number of carboxylic acid groups (broad SMARTS) is 2. The third-order valence-electron chi connectivity index (χ3n) is 3.30. The summed E-state index contributed by atoms with van der Waals surface area (Å²) in [5.74, 6) is -1.42. The van der Waals surface area contributed by atoms with Crippen LogP contribution in [0.15, 0.2) is 18.2 Å². The fourth-order valence-corrected chi connectivity index (χ4v) is 2.38. The van der Waals surface area contributed by atoms with Gasteiger partial charge in [-0.05, 0) is 30.2 Å². The lowest BCUT2D eigenvalue weighted by atomic mass is 10.1. The number of methoxy groups -OCH3 is 1. The Morgan fingerprint density at radius 3 is 2.55 bits per heavy atom. The molecule has 106 valence electrons. The topological polar surface area (TPSA) is 88.8 Å². The fourth-order valence-electron chi connectivity index (χ4n) is 2.38. The zero-order valence-electron chi connectivity index (χ0n) is 11.2. The van der Waals surface area contributed by atoms with Crippen LogP contribution < -0.4 is 4.74 Å². The second-order valence-corrected chi connectivity index (χ2v) is 4.47. The second kappa shape index (κ2) is 5.24. The predicted octanol–water partition coefficient (Wildman–Crippen LogP) is 1.90. The average molecular weight is 277 g/mol. The standard InChI is InChI=1S/C14H15NO5/c1-15-11-5-3-8(20-2)7-10(11)9(4-6-12(16)17)13(15)14(18)19/h3,5,7H,4,6H2,1-2H3,(H,16,17)(H,18,19). The van der Waals surface area contributed by atoms with Crippen LogP contribution in [0.2, 0.25) is 0 Å². The molecule has 0 bridgehead atoms. The van der Waals surface area contributed by atoms with Crippen LogP contribution in [-0.2, 0) is 18.3 Å². The minimum Gasteiger partial charge on any atom is -0.497 e. The lowest BCUT2D eigenvalue weighted by Crippen LogP contribution is -2.08. The van der Waals surface area contributed by atoms with Crippen molar-refractivity contribution >= 4 is 22.8 Å². The molecule has 1 heterocycles. The predicted molar refractivity (Wildman–Crippen MR) is 72.4 cm³/mol. The highest BCUT2D eigenvalue weighted by atomic mass is 16.5. The molecule has 0 saturated carbocycles. The molecule has 0 fully saturated rings. The number of aromatic nitrogens is 1. The maximum Gasteiger partial charge on any atom is 0.352 e. The van der Waals surface area contributed by atoms with Gasteiger partial charge in [-0.3, -0.25) is 4.79 Å². The molecular formula is C14H15NO5. The fraction of sp³-hybridized carbons (Fsp3) is 0.286. The van der Waals surface area contributed by atoms with Crippen LogP contribution in [0.1, 0.15) is 22.5 Å². The van der Waals surface area contributed by atoms with Crippen LogP contribution in [0.3, 0.4) is 0 Å². The van der Waals surface area contributed by atoms with E-state index in [2.05, 4.69) is 0 Å². The number of aliphatic carboxylic acids is 1. The number of hydrogen-bond acceptors (Lipinski definition) is 3. The largest absolute Gasteiger partial charge is 0.497 e. The summed E-state index contributed by atoms with van der Waals surface area (Å²) in [5.41, 5.74) is 1.38. The zero-order valence-corrected chi connectivity index (χ0v) is 11.2. The Balaban J connectivity index is 2.67. The van der Waals surface area contributed by atoms with Gasteiger partial charge in [0.2, 0.25) is 0 Å². The van der Waals surface area contributed by atoms with Gasteiger partial charge in [-0.1, -0.05) is 0 Å². The molecule has 0 radical (unpaired) electrons. The van der Waals surface area contributed by atoms with E-state index in [9.17, 15) is 14.7 Å². The molecule has 1 aromatic heterocycles. The Morgan fingerprint density at radius 1 is 1.30 bits per heavy atom. The average Bonchev–Trinajstić information content (AvgIpc) is 2.68. The molecule has 0 saturated heterocycles. The summed E-state index contributed by atoms with van der Waals surface area (Å²) in [4.78, 5) is 22.2. The number of hydrogen-bond donors (Lipinski definition) is 2. The Bertz CT molecular complexity index is 686. The van der Waals surface area contributed by atoms with Crippen molar-refractivity contribution in [2.75, 3.05) is 7.11 Å². The van der Waals surface area contributed by atoms with Gasteiger partial charge in [0, 0.05) is 24.4 Å². The van der Waals surface area contributed by atoms with Crippen LogP contribution in [0.25, 0.3) is 10.9 Å². The number of benzene rings is 1. The molecule has 0 atom stereocenters. The van der Waals surface area contributed by atoms with Crippen LogP contribution in [0.5, 0.6) is 5.75 Å². The first-order valence-corrected chi connectivity index (χ1v) is 6.06. The summed E-state index contributed by atoms with van der Waals surface area (Å²) in [7, 11) is 3.18. The van der Waals surface area contributed by atoms with Crippen molar-refractivity contribution in [1.29, 1.82) is 0 Å². The van der Waals surface area contributed by atoms with Crippen molar-refractivity contribution < 1.29 is 24.5 Å². The van der Waals surface area contributed by atoms with Crippen molar-refractivity contribution in [2.24, 2.45) is 7.05 Å². The first-order chi connectivity index (χ1) is 9.45. The van der Waals surface area contributed by atoms with E-state index in [1.54, 1.807) is 29.8 Å². The van der Waals surface area contributed by atoms with Crippen molar-refractivity contribution in [3.05, 3.63) is 29.5 Å². The molecule has 6 heteroatoms. The molecule has 0 aliphatic heterocycles. The number of aromatic carboxylic acids is 1. The van der Waals surface area contributed by atoms with E-state index in [-0.39, 0.29) is 18.5 Å². The minimum absolute atomic E-state index is 0.114. The van der Waals surface area contributed by atoms with Gasteiger partial charge < -0.3 is 19.5 Å². The highest BCUT2D eigenvalue weighted by molar-refractivity contribution is 5.98. The molecule has 1 aromatic carbocycles. The maximum atomic E-state index is 11.4. The molecule has 6 nitrogen and oxygen atoms in total. The van der Waals surface area contributed by atoms with Crippen molar-refractivity contribution in [3.63, 3.8) is 0 Å². The number of rotatable bonds is 5. The quantitative estimate of drug-likeness (QED) is 0.871. The summed E-state index contributed by atoms with van der Waals surface area (Å²) in [6.07, 6.45) is 0.0536. The molecular weight excluding hydrogens is 262 g/mol. The minimum atomic E-state index is -1.07. The highest BCUT2D eigenvalue weighted by Gasteiger charge is 2.21. The van der Waals surface area contributed by atoms with E-state index >= 15 is 0 Å². The van der Waals surface area contributed by atoms with Gasteiger partial charge in [0.15, 0.2) is 0 Å². The van der Waals surface area contributed by atoms with E-state index < -0.39 is 11.9 Å². The van der Waals surface area contributed by atoms with E-state index in [4.69, 9.17) is 9.84 Å². The highest BCUT2D eigenvalue weighted by Crippen LogP contribution is 2.30. The van der Waals surface area contributed by atoms with E-state index in [1.807, 2.05) is 0 Å². The van der Waals surface area contributed by atoms with E-state index in [1.165, 1.54) is 7.11 Å². The van der Waals surface area contributed by atoms with Crippen LogP contribution in [0.4, 0.5) is 0 Å². The molecule has 2 N–H and O–H groups in total. The Labute approximate surface area is 115 Å². The number of fused-ring (bicyclic) bond motifs is 1. The first kappa shape index (κ1) is 13.9. The van der Waals surface area contributed by atoms with Crippen LogP contribution in [-0.4, -0.2) is 33.8 Å². The van der Waals surface area contributed by atoms with Gasteiger partial charge in [-0.25, -0.2) is 4.79 Å². The third kappa shape index (κ3) is 2.32. The molecule has 0 amide bonds. The zero-order chi connectivity index (χ0) is 14.9. The second-order valence-electron chi connectivity index (χ2n) is 4.47. The van der Waals surface area contributed by atoms with Gasteiger partial charge in [0.05, 0.1) is 7.11 Å². The number of ether oxygens (including phenoxy) is 1. The summed E-state index contributed by atoms with van der Waals surface area (Å²) in [5, 5.41) is 18.9. The van der Waals surface area contributed by atoms with Gasteiger partial charge in [0.25, 0.3) is 0 Å². The van der Waals surface area contributed by atoms with Gasteiger partial charge in [-0.15, -0.1) is 0 Å². The lowest BCUT2D eigenvalue weighted by Gasteiger charge is -2.02. The number of carboxylic acids is 2. The van der Waals surface area contributed by atoms with Gasteiger partial charge >= 0.3 is 11.9 Å². The van der Waals surface area contributed by atoms with E-state index in [0.717, 1.165) is 5.52 Å². The normalized spacial score (nSPS) is 10.7. The number of carbonyl (C=O) groups is 2. The van der Waals surface area contributed by atoms with Crippen LogP contribution in [0, 0.1) is 0 Å². The SMILES string of the molecule is COc1ccc2c(c1)c(CCC(=O)O)c(C(=O)O)n2C. The first-order valence-electron chi connectivity index (χ1n) is 6.06. The number of aryl methyl sites for hydroxylation is 2. The lowest BCUT2D eigenvalue weighted by molar-refractivity contribution is -0.136. The molecule has 0 aliphatic carbocycles. The van der Waals surface area contributed by atoms with E-state index in [0.29, 0.717) is 16.7 Å². The summed E-state index contributed by atoms with van der Waals surface area (Å²) >= 11 is 0. The van der Waals surface area contributed by atoms with Gasteiger partial charge in [0.1, 0.15) is 11.4 Å². The summed E-state index contributed by atoms with van der Waals surface area (Å²) in [6, 6.07) is 5.25. The monoisotopic (exact) mass is 277 g/mol.